The van der Waals surface area contributed by atoms with Crippen molar-refractivity contribution in [3.8, 4) is 0 Å². The second-order valence-electron chi connectivity index (χ2n) is 3.64. The van der Waals surface area contributed by atoms with Crippen LogP contribution < -0.4 is 0 Å². The molecular weight excluding hydrogens is 255 g/mol. The van der Waals surface area contributed by atoms with Crippen molar-refractivity contribution in [1.82, 2.24) is 0 Å². The fourth-order valence-electron chi connectivity index (χ4n) is 1.84. The molecule has 0 nitrogen and oxygen atoms in total. The Labute approximate surface area is 92.9 Å². The molecule has 70 valence electrons. The normalized spacial score (nSPS) is 11.6. The molecule has 3 rings (SSSR count). The Balaban J connectivity index is 2.49. The standard InChI is InChI=1S/C12H10SSe/c1-7-3-9-6-12-10(4-8(2)14-12)5-11(9)13-7/h3-6H,1-2H3. The van der Waals surface area contributed by atoms with Crippen molar-refractivity contribution in [2.24, 2.45) is 0 Å². The van der Waals surface area contributed by atoms with Crippen LogP contribution in [0.3, 0.4) is 0 Å². The summed E-state index contributed by atoms with van der Waals surface area (Å²) in [5.74, 6) is 0. The molecule has 0 saturated heterocycles. The molecule has 0 atom stereocenters. The summed E-state index contributed by atoms with van der Waals surface area (Å²) in [6.45, 7) is 4.42. The van der Waals surface area contributed by atoms with E-state index in [0.29, 0.717) is 14.5 Å². The van der Waals surface area contributed by atoms with Crippen LogP contribution in [-0.4, -0.2) is 14.5 Å². The molecule has 0 saturated carbocycles. The quantitative estimate of drug-likeness (QED) is 0.543. The number of aryl methyl sites for hydroxylation is 2. The molecule has 0 aliphatic carbocycles. The summed E-state index contributed by atoms with van der Waals surface area (Å²) in [5, 5.41) is 2.88. The van der Waals surface area contributed by atoms with Gasteiger partial charge >= 0.3 is 93.0 Å². The van der Waals surface area contributed by atoms with E-state index in [0.717, 1.165) is 0 Å². The number of thiophene rings is 1. The van der Waals surface area contributed by atoms with Gasteiger partial charge in [-0.2, -0.15) is 0 Å². The van der Waals surface area contributed by atoms with E-state index in [1.54, 1.807) is 8.70 Å². The van der Waals surface area contributed by atoms with Crippen LogP contribution in [0.4, 0.5) is 0 Å². The van der Waals surface area contributed by atoms with Crippen molar-refractivity contribution in [1.29, 1.82) is 0 Å². The van der Waals surface area contributed by atoms with Gasteiger partial charge in [0.1, 0.15) is 0 Å². The number of fused-ring (bicyclic) bond motifs is 2. The molecule has 2 heterocycles. The van der Waals surface area contributed by atoms with Gasteiger partial charge in [0.15, 0.2) is 0 Å². The first-order chi connectivity index (χ1) is 6.72. The molecule has 0 bridgehead atoms. The first-order valence-corrected chi connectivity index (χ1v) is 7.16. The molecule has 0 aliphatic heterocycles. The van der Waals surface area contributed by atoms with Crippen molar-refractivity contribution < 1.29 is 0 Å². The number of hydrogen-bond donors (Lipinski definition) is 0. The molecule has 0 amide bonds. The minimum atomic E-state index is 0.583. The van der Waals surface area contributed by atoms with Gasteiger partial charge in [-0.15, -0.1) is 0 Å². The summed E-state index contributed by atoms with van der Waals surface area (Å²) in [6.07, 6.45) is 0. The van der Waals surface area contributed by atoms with Crippen LogP contribution in [0, 0.1) is 13.8 Å². The molecule has 1 aromatic carbocycles. The third-order valence-corrected chi connectivity index (χ3v) is 5.54. The van der Waals surface area contributed by atoms with E-state index in [4.69, 9.17) is 0 Å². The second kappa shape index (κ2) is 2.96. The van der Waals surface area contributed by atoms with E-state index in [1.165, 1.54) is 20.3 Å². The third kappa shape index (κ3) is 1.26. The maximum atomic E-state index is 2.38. The zero-order chi connectivity index (χ0) is 9.71. The van der Waals surface area contributed by atoms with Crippen molar-refractivity contribution in [3.63, 3.8) is 0 Å². The number of rotatable bonds is 0. The van der Waals surface area contributed by atoms with Gasteiger partial charge in [0, 0.05) is 0 Å². The zero-order valence-electron chi connectivity index (χ0n) is 8.13. The summed E-state index contributed by atoms with van der Waals surface area (Å²) >= 11 is 2.48. The molecule has 0 radical (unpaired) electrons. The van der Waals surface area contributed by atoms with Crippen molar-refractivity contribution >= 4 is 45.6 Å². The van der Waals surface area contributed by atoms with Gasteiger partial charge in [0.2, 0.25) is 0 Å². The molecule has 2 heteroatoms. The van der Waals surface area contributed by atoms with Gasteiger partial charge < -0.3 is 0 Å². The van der Waals surface area contributed by atoms with Crippen molar-refractivity contribution in [2.75, 3.05) is 0 Å². The van der Waals surface area contributed by atoms with Gasteiger partial charge in [0.05, 0.1) is 0 Å². The van der Waals surface area contributed by atoms with E-state index in [1.807, 2.05) is 11.3 Å². The van der Waals surface area contributed by atoms with E-state index >= 15 is 0 Å². The second-order valence-corrected chi connectivity index (χ2v) is 7.63. The summed E-state index contributed by atoms with van der Waals surface area (Å²) in [5.41, 5.74) is 0. The minimum absolute atomic E-state index is 0.583. The van der Waals surface area contributed by atoms with Crippen LogP contribution in [0.2, 0.25) is 0 Å². The monoisotopic (exact) mass is 266 g/mol. The molecule has 14 heavy (non-hydrogen) atoms. The number of benzene rings is 1. The average Bonchev–Trinajstić information content (AvgIpc) is 2.59. The maximum absolute atomic E-state index is 2.38. The Morgan fingerprint density at radius 2 is 1.86 bits per heavy atom. The summed E-state index contributed by atoms with van der Waals surface area (Å²) < 4.78 is 4.53. The fraction of sp³-hybridized carbons (Fsp3) is 0.167. The van der Waals surface area contributed by atoms with Crippen molar-refractivity contribution in [3.05, 3.63) is 33.6 Å². The van der Waals surface area contributed by atoms with Gasteiger partial charge in [-0.3, -0.25) is 0 Å². The molecule has 3 aromatic rings. The van der Waals surface area contributed by atoms with Gasteiger partial charge in [-0.05, 0) is 0 Å². The Morgan fingerprint density at radius 1 is 1.00 bits per heavy atom. The number of hydrogen-bond acceptors (Lipinski definition) is 1. The van der Waals surface area contributed by atoms with Crippen LogP contribution in [-0.2, 0) is 0 Å². The molecule has 0 spiro atoms. The van der Waals surface area contributed by atoms with E-state index < -0.39 is 0 Å². The van der Waals surface area contributed by atoms with Crippen LogP contribution in [0.25, 0.3) is 19.7 Å². The topological polar surface area (TPSA) is 0 Å². The predicted octanol–water partition coefficient (Wildman–Crippen LogP) is 3.73. The van der Waals surface area contributed by atoms with E-state index in [2.05, 4.69) is 38.1 Å². The molecule has 0 N–H and O–H groups in total. The fourth-order valence-corrected chi connectivity index (χ4v) is 4.79. The van der Waals surface area contributed by atoms with Gasteiger partial charge in [-0.25, -0.2) is 0 Å². The van der Waals surface area contributed by atoms with Gasteiger partial charge in [-0.1, -0.05) is 0 Å². The molecule has 0 aliphatic rings. The predicted molar refractivity (Wildman–Crippen MR) is 65.7 cm³/mol. The van der Waals surface area contributed by atoms with Crippen molar-refractivity contribution in [2.45, 2.75) is 13.8 Å². The SMILES string of the molecule is Cc1cc2cc3[se]c(C)cc3cc2s1. The van der Waals surface area contributed by atoms with E-state index in [-0.39, 0.29) is 0 Å². The Morgan fingerprint density at radius 3 is 2.71 bits per heavy atom. The van der Waals surface area contributed by atoms with Crippen LogP contribution >= 0.6 is 11.3 Å². The Bertz CT molecular complexity index is 513. The van der Waals surface area contributed by atoms with E-state index in [9.17, 15) is 0 Å². The molecular formula is C12H10SSe. The summed E-state index contributed by atoms with van der Waals surface area (Å²) in [6, 6.07) is 9.36. The van der Waals surface area contributed by atoms with Crippen LogP contribution in [0.5, 0.6) is 0 Å². The zero-order valence-corrected chi connectivity index (χ0v) is 10.7. The Kier molecular flexibility index (Phi) is 1.85. The molecule has 0 unspecified atom stereocenters. The van der Waals surface area contributed by atoms with Gasteiger partial charge in [0.25, 0.3) is 0 Å². The third-order valence-electron chi connectivity index (χ3n) is 2.40. The summed E-state index contributed by atoms with van der Waals surface area (Å²) in [7, 11) is 0. The average molecular weight is 265 g/mol. The Hall–Kier alpha value is -0.561. The van der Waals surface area contributed by atoms with Crippen LogP contribution in [0.1, 0.15) is 9.31 Å². The first-order valence-electron chi connectivity index (χ1n) is 4.63. The first kappa shape index (κ1) is 8.72. The summed E-state index contributed by atoms with van der Waals surface area (Å²) in [4.78, 5) is 1.41. The van der Waals surface area contributed by atoms with Crippen LogP contribution in [0.15, 0.2) is 24.3 Å². The molecule has 0 fully saturated rings. The molecule has 2 aromatic heterocycles.